The van der Waals surface area contributed by atoms with E-state index in [-0.39, 0.29) is 26.2 Å². The summed E-state index contributed by atoms with van der Waals surface area (Å²) in [6.45, 7) is 4.44. The summed E-state index contributed by atoms with van der Waals surface area (Å²) < 4.78 is 0. The number of benzene rings is 2. The molecule has 0 aromatic heterocycles. The molecule has 2 aromatic rings. The van der Waals surface area contributed by atoms with Gasteiger partial charge in [0.15, 0.2) is 0 Å². The molecule has 0 aliphatic heterocycles. The Balaban J connectivity index is 0.00000210. The Bertz CT molecular complexity index is 925. The first-order chi connectivity index (χ1) is 12.7. The molecule has 137 valence electrons. The molecule has 27 heavy (non-hydrogen) atoms. The molecular formula is C26H29Zr. The van der Waals surface area contributed by atoms with Crippen LogP contribution in [0.5, 0.6) is 0 Å². The molecule has 0 spiro atoms. The zero-order chi connectivity index (χ0) is 17.9. The molecule has 0 nitrogen and oxygen atoms in total. The van der Waals surface area contributed by atoms with E-state index in [1.807, 2.05) is 0 Å². The van der Waals surface area contributed by atoms with Gasteiger partial charge in [0.2, 0.25) is 0 Å². The predicted octanol–water partition coefficient (Wildman–Crippen LogP) is 5.57. The van der Waals surface area contributed by atoms with Crippen molar-refractivity contribution in [2.45, 2.75) is 58.8 Å². The summed E-state index contributed by atoms with van der Waals surface area (Å²) in [6.07, 6.45) is 17.8. The third-order valence-electron chi connectivity index (χ3n) is 5.89. The summed E-state index contributed by atoms with van der Waals surface area (Å²) in [5, 5.41) is 2.65. The van der Waals surface area contributed by atoms with Crippen LogP contribution in [-0.4, -0.2) is 0 Å². The monoisotopic (exact) mass is 431 g/mol. The minimum Gasteiger partial charge on any atom is -0.0735 e. The molecule has 2 aliphatic rings. The number of fused-ring (bicyclic) bond motifs is 1. The van der Waals surface area contributed by atoms with Crippen molar-refractivity contribution >= 4 is 12.2 Å². The standard InChI is InChI=1S/C26H29.Zr/c1-3-7-20-11-13-23(14-12-20)24-15-10-19(2)25-17-22(18-26(24)25)16-21-8-5-4-6-9-21;/h10-16,18,21H,3-9H2,1-2H3;. The molecule has 2 aromatic carbocycles. The summed E-state index contributed by atoms with van der Waals surface area (Å²) in [6, 6.07) is 13.7. The number of aryl methyl sites for hydroxylation is 2. The Labute approximate surface area is 183 Å². The van der Waals surface area contributed by atoms with Crippen LogP contribution in [-0.2, 0) is 32.6 Å². The van der Waals surface area contributed by atoms with Gasteiger partial charge < -0.3 is 0 Å². The van der Waals surface area contributed by atoms with Crippen LogP contribution in [0.15, 0.2) is 48.0 Å². The second-order valence-corrected chi connectivity index (χ2v) is 7.96. The zero-order valence-electron chi connectivity index (χ0n) is 16.6. The first-order valence-electron chi connectivity index (χ1n) is 10.3. The summed E-state index contributed by atoms with van der Waals surface area (Å²) in [7, 11) is 0. The maximum absolute atomic E-state index is 3.70. The van der Waals surface area contributed by atoms with Crippen molar-refractivity contribution in [1.82, 2.24) is 0 Å². The summed E-state index contributed by atoms with van der Waals surface area (Å²) in [5.74, 6) is 0.744. The van der Waals surface area contributed by atoms with Gasteiger partial charge in [0.05, 0.1) is 0 Å². The smallest absolute Gasteiger partial charge is 0 e. The molecule has 1 heteroatoms. The van der Waals surface area contributed by atoms with Gasteiger partial charge in [-0.2, -0.15) is 0 Å². The van der Waals surface area contributed by atoms with Crippen LogP contribution < -0.4 is 10.4 Å². The van der Waals surface area contributed by atoms with Crippen molar-refractivity contribution in [3.63, 3.8) is 0 Å². The van der Waals surface area contributed by atoms with Gasteiger partial charge in [0.1, 0.15) is 0 Å². The molecule has 0 atom stereocenters. The molecule has 1 fully saturated rings. The normalized spacial score (nSPS) is 17.8. The fourth-order valence-corrected chi connectivity index (χ4v) is 4.42. The molecule has 0 unspecified atom stereocenters. The first kappa shape index (κ1) is 20.5. The van der Waals surface area contributed by atoms with E-state index in [1.54, 1.807) is 0 Å². The van der Waals surface area contributed by atoms with Gasteiger partial charge in [0, 0.05) is 26.2 Å². The average molecular weight is 433 g/mol. The van der Waals surface area contributed by atoms with Crippen LogP contribution in [0, 0.1) is 12.8 Å². The van der Waals surface area contributed by atoms with E-state index in [9.17, 15) is 0 Å². The second kappa shape index (κ2) is 9.33. The molecular weight excluding hydrogens is 404 g/mol. The molecule has 0 saturated heterocycles. The minimum absolute atomic E-state index is 0. The molecule has 2 aliphatic carbocycles. The van der Waals surface area contributed by atoms with Gasteiger partial charge in [-0.3, -0.25) is 0 Å². The van der Waals surface area contributed by atoms with Gasteiger partial charge in [-0.25, -0.2) is 0 Å². The zero-order valence-corrected chi connectivity index (χ0v) is 19.1. The molecule has 0 N–H and O–H groups in total. The third kappa shape index (κ3) is 4.63. The molecule has 0 amide bonds. The van der Waals surface area contributed by atoms with Crippen molar-refractivity contribution in [1.29, 1.82) is 0 Å². The quantitative estimate of drug-likeness (QED) is 0.592. The van der Waals surface area contributed by atoms with Crippen molar-refractivity contribution in [2.24, 2.45) is 5.92 Å². The maximum atomic E-state index is 3.70. The van der Waals surface area contributed by atoms with Crippen LogP contribution in [0.4, 0.5) is 0 Å². The molecule has 1 radical (unpaired) electrons. The van der Waals surface area contributed by atoms with Crippen molar-refractivity contribution in [2.75, 3.05) is 0 Å². The van der Waals surface area contributed by atoms with E-state index in [0.29, 0.717) is 0 Å². The molecule has 1 saturated carbocycles. The number of hydrogen-bond acceptors (Lipinski definition) is 0. The van der Waals surface area contributed by atoms with Gasteiger partial charge in [0.25, 0.3) is 0 Å². The molecule has 0 heterocycles. The topological polar surface area (TPSA) is 0 Å². The summed E-state index contributed by atoms with van der Waals surface area (Å²) in [4.78, 5) is 0. The Kier molecular flexibility index (Phi) is 7.10. The van der Waals surface area contributed by atoms with Gasteiger partial charge in [-0.15, -0.1) is 0 Å². The van der Waals surface area contributed by atoms with E-state index in [1.165, 1.54) is 76.8 Å². The van der Waals surface area contributed by atoms with E-state index in [2.05, 4.69) is 68.5 Å². The van der Waals surface area contributed by atoms with Crippen LogP contribution >= 0.6 is 0 Å². The Morgan fingerprint density at radius 2 is 1.74 bits per heavy atom. The van der Waals surface area contributed by atoms with Crippen molar-refractivity contribution in [3.05, 3.63) is 69.6 Å². The number of allylic oxidation sites excluding steroid dienone is 2. The van der Waals surface area contributed by atoms with E-state index >= 15 is 0 Å². The van der Waals surface area contributed by atoms with Crippen LogP contribution in [0.2, 0.25) is 0 Å². The Morgan fingerprint density at radius 3 is 2.44 bits per heavy atom. The van der Waals surface area contributed by atoms with E-state index < -0.39 is 0 Å². The van der Waals surface area contributed by atoms with Crippen LogP contribution in [0.25, 0.3) is 23.3 Å². The van der Waals surface area contributed by atoms with E-state index in [4.69, 9.17) is 0 Å². The Morgan fingerprint density at radius 1 is 1.00 bits per heavy atom. The van der Waals surface area contributed by atoms with Crippen molar-refractivity contribution < 1.29 is 26.2 Å². The second-order valence-electron chi connectivity index (χ2n) is 7.96. The van der Waals surface area contributed by atoms with Crippen molar-refractivity contribution in [3.8, 4) is 11.1 Å². The average Bonchev–Trinajstić information content (AvgIpc) is 3.08. The number of rotatable bonds is 4. The van der Waals surface area contributed by atoms with Crippen LogP contribution in [0.1, 0.15) is 56.6 Å². The summed E-state index contributed by atoms with van der Waals surface area (Å²) >= 11 is 0. The molecule has 4 rings (SSSR count). The molecule has 0 bridgehead atoms. The minimum atomic E-state index is 0. The number of hydrogen-bond donors (Lipinski definition) is 0. The Hall–Kier alpha value is -1.20. The van der Waals surface area contributed by atoms with Gasteiger partial charge in [-0.1, -0.05) is 75.1 Å². The largest absolute Gasteiger partial charge is 0.0735 e. The fourth-order valence-electron chi connectivity index (χ4n) is 4.42. The first-order valence-corrected chi connectivity index (χ1v) is 10.3. The predicted molar refractivity (Wildman–Crippen MR) is 112 cm³/mol. The third-order valence-corrected chi connectivity index (χ3v) is 5.89. The van der Waals surface area contributed by atoms with Crippen LogP contribution in [0.3, 0.4) is 0 Å². The maximum Gasteiger partial charge on any atom is 0 e. The van der Waals surface area contributed by atoms with Gasteiger partial charge in [-0.05, 0) is 82.5 Å². The van der Waals surface area contributed by atoms with Gasteiger partial charge >= 0.3 is 0 Å². The summed E-state index contributed by atoms with van der Waals surface area (Å²) in [5.41, 5.74) is 6.71. The fraction of sp³-hybridized carbons (Fsp3) is 0.385. The SMILES string of the molecule is CCCc1ccc(-c2ccc(C)c3c2=CC(=CC2CCCCC2)[C]=3)cc1.[Zr]. The van der Waals surface area contributed by atoms with E-state index in [0.717, 1.165) is 12.3 Å².